The van der Waals surface area contributed by atoms with Crippen LogP contribution in [0.25, 0.3) is 0 Å². The van der Waals surface area contributed by atoms with E-state index in [9.17, 15) is 4.79 Å². The molecule has 0 aromatic heterocycles. The van der Waals surface area contributed by atoms with Gasteiger partial charge in [-0.15, -0.1) is 0 Å². The Bertz CT molecular complexity index is 558. The second-order valence-corrected chi connectivity index (χ2v) is 7.07. The summed E-state index contributed by atoms with van der Waals surface area (Å²) >= 11 is 0. The van der Waals surface area contributed by atoms with Crippen molar-refractivity contribution in [3.63, 3.8) is 0 Å². The molecule has 0 radical (unpaired) electrons. The normalized spacial score (nSPS) is 24.6. The standard InChI is InChI=1S/C20H28N2O/c1-3-4-10-19(23)22-13-11-20(12-14-22)15-18(16-21(20)2)17-8-6-5-7-9-17/h3-9,18H,10-16H2,1-2H3. The van der Waals surface area contributed by atoms with E-state index < -0.39 is 0 Å². The van der Waals surface area contributed by atoms with Gasteiger partial charge in [-0.2, -0.15) is 0 Å². The molecule has 2 heterocycles. The van der Waals surface area contributed by atoms with Gasteiger partial charge in [-0.1, -0.05) is 42.5 Å². The first kappa shape index (κ1) is 16.3. The molecule has 0 bridgehead atoms. The van der Waals surface area contributed by atoms with Crippen molar-refractivity contribution in [2.45, 2.75) is 44.1 Å². The minimum absolute atomic E-state index is 0.276. The van der Waals surface area contributed by atoms with Gasteiger partial charge in [0.05, 0.1) is 0 Å². The molecule has 2 aliphatic rings. The number of hydrogen-bond acceptors (Lipinski definition) is 2. The summed E-state index contributed by atoms with van der Waals surface area (Å²) in [6, 6.07) is 10.9. The number of carbonyl (C=O) groups is 1. The fourth-order valence-electron chi connectivity index (χ4n) is 4.26. The van der Waals surface area contributed by atoms with Gasteiger partial charge in [-0.25, -0.2) is 0 Å². The van der Waals surface area contributed by atoms with Crippen LogP contribution in [0.2, 0.25) is 0 Å². The first-order chi connectivity index (χ1) is 11.1. The van der Waals surface area contributed by atoms with Crippen LogP contribution in [0.5, 0.6) is 0 Å². The summed E-state index contributed by atoms with van der Waals surface area (Å²) in [5.74, 6) is 0.907. The molecule has 3 nitrogen and oxygen atoms in total. The molecule has 0 aliphatic carbocycles. The molecule has 2 saturated heterocycles. The molecule has 124 valence electrons. The molecule has 1 unspecified atom stereocenters. The highest BCUT2D eigenvalue weighted by Gasteiger charge is 2.45. The largest absolute Gasteiger partial charge is 0.342 e. The fourth-order valence-corrected chi connectivity index (χ4v) is 4.26. The van der Waals surface area contributed by atoms with Crippen LogP contribution in [0, 0.1) is 0 Å². The van der Waals surface area contributed by atoms with E-state index in [2.05, 4.69) is 47.2 Å². The van der Waals surface area contributed by atoms with Crippen LogP contribution in [0.3, 0.4) is 0 Å². The van der Waals surface area contributed by atoms with E-state index in [0.717, 1.165) is 32.5 Å². The van der Waals surface area contributed by atoms with E-state index in [1.165, 1.54) is 12.0 Å². The minimum atomic E-state index is 0.276. The number of piperidine rings is 1. The number of likely N-dealkylation sites (N-methyl/N-ethyl adjacent to an activating group) is 1. The Balaban J connectivity index is 1.62. The molecule has 3 rings (SSSR count). The Hall–Kier alpha value is -1.61. The zero-order chi connectivity index (χ0) is 16.3. The van der Waals surface area contributed by atoms with Gasteiger partial charge in [0.25, 0.3) is 0 Å². The van der Waals surface area contributed by atoms with Crippen LogP contribution >= 0.6 is 0 Å². The second-order valence-electron chi connectivity index (χ2n) is 7.07. The van der Waals surface area contributed by atoms with Crippen molar-refractivity contribution in [1.29, 1.82) is 0 Å². The van der Waals surface area contributed by atoms with Gasteiger partial charge < -0.3 is 4.90 Å². The van der Waals surface area contributed by atoms with Crippen molar-refractivity contribution in [3.8, 4) is 0 Å². The second kappa shape index (κ2) is 6.88. The number of likely N-dealkylation sites (tertiary alicyclic amines) is 2. The van der Waals surface area contributed by atoms with Gasteiger partial charge in [0.1, 0.15) is 0 Å². The van der Waals surface area contributed by atoms with Gasteiger partial charge in [0, 0.05) is 31.6 Å². The summed E-state index contributed by atoms with van der Waals surface area (Å²) in [6.45, 7) is 4.91. The molecule has 3 heteroatoms. The maximum Gasteiger partial charge on any atom is 0.226 e. The van der Waals surface area contributed by atoms with Gasteiger partial charge >= 0.3 is 0 Å². The lowest BCUT2D eigenvalue weighted by Crippen LogP contribution is -2.51. The summed E-state index contributed by atoms with van der Waals surface area (Å²) in [6.07, 6.45) is 7.90. The smallest absolute Gasteiger partial charge is 0.226 e. The molecule has 2 aliphatic heterocycles. The van der Waals surface area contributed by atoms with E-state index >= 15 is 0 Å². The molecule has 23 heavy (non-hydrogen) atoms. The maximum atomic E-state index is 12.2. The number of hydrogen-bond donors (Lipinski definition) is 0. The van der Waals surface area contributed by atoms with Crippen LogP contribution in [0.15, 0.2) is 42.5 Å². The van der Waals surface area contributed by atoms with E-state index in [4.69, 9.17) is 0 Å². The molecule has 2 fully saturated rings. The summed E-state index contributed by atoms with van der Waals surface area (Å²) in [4.78, 5) is 16.8. The third-order valence-corrected chi connectivity index (χ3v) is 5.78. The van der Waals surface area contributed by atoms with Crippen molar-refractivity contribution in [1.82, 2.24) is 9.80 Å². The Morgan fingerprint density at radius 3 is 2.61 bits per heavy atom. The molecular weight excluding hydrogens is 284 g/mol. The molecular formula is C20H28N2O. The fraction of sp³-hybridized carbons (Fsp3) is 0.550. The van der Waals surface area contributed by atoms with Crippen LogP contribution < -0.4 is 0 Å². The Morgan fingerprint density at radius 1 is 1.26 bits per heavy atom. The van der Waals surface area contributed by atoms with Crippen LogP contribution in [0.4, 0.5) is 0 Å². The SMILES string of the molecule is CC=CCC(=O)N1CCC2(CC1)CC(c1ccccc1)CN2C. The van der Waals surface area contributed by atoms with Crippen LogP contribution in [-0.4, -0.2) is 47.9 Å². The molecule has 0 N–H and O–H groups in total. The predicted molar refractivity (Wildman–Crippen MR) is 94.4 cm³/mol. The van der Waals surface area contributed by atoms with E-state index in [1.54, 1.807) is 0 Å². The summed E-state index contributed by atoms with van der Waals surface area (Å²) in [5, 5.41) is 0. The number of allylic oxidation sites excluding steroid dienone is 1. The number of nitrogens with zero attached hydrogens (tertiary/aromatic N) is 2. The summed E-state index contributed by atoms with van der Waals surface area (Å²) in [5.41, 5.74) is 1.75. The van der Waals surface area contributed by atoms with Gasteiger partial charge in [-0.05, 0) is 44.7 Å². The van der Waals surface area contributed by atoms with Crippen molar-refractivity contribution >= 4 is 5.91 Å². The molecule has 1 atom stereocenters. The summed E-state index contributed by atoms with van der Waals surface area (Å²) < 4.78 is 0. The van der Waals surface area contributed by atoms with E-state index in [0.29, 0.717) is 12.3 Å². The lowest BCUT2D eigenvalue weighted by molar-refractivity contribution is -0.132. The average molecular weight is 312 g/mol. The Morgan fingerprint density at radius 2 is 1.96 bits per heavy atom. The first-order valence-electron chi connectivity index (χ1n) is 8.80. The third kappa shape index (κ3) is 3.35. The monoisotopic (exact) mass is 312 g/mol. The number of rotatable bonds is 3. The third-order valence-electron chi connectivity index (χ3n) is 5.78. The molecule has 0 saturated carbocycles. The minimum Gasteiger partial charge on any atom is -0.342 e. The maximum absolute atomic E-state index is 12.2. The highest BCUT2D eigenvalue weighted by Crippen LogP contribution is 2.43. The van der Waals surface area contributed by atoms with E-state index in [1.807, 2.05) is 19.1 Å². The highest BCUT2D eigenvalue weighted by molar-refractivity contribution is 5.77. The van der Waals surface area contributed by atoms with Crippen molar-refractivity contribution in [3.05, 3.63) is 48.0 Å². The van der Waals surface area contributed by atoms with Crippen LogP contribution in [0.1, 0.15) is 44.1 Å². The van der Waals surface area contributed by atoms with Crippen molar-refractivity contribution in [2.75, 3.05) is 26.7 Å². The summed E-state index contributed by atoms with van der Waals surface area (Å²) in [7, 11) is 2.26. The first-order valence-corrected chi connectivity index (χ1v) is 8.80. The lowest BCUT2D eigenvalue weighted by atomic mass is 9.81. The molecule has 1 spiro atoms. The van der Waals surface area contributed by atoms with Crippen molar-refractivity contribution < 1.29 is 4.79 Å². The Kier molecular flexibility index (Phi) is 4.86. The van der Waals surface area contributed by atoms with Crippen LogP contribution in [-0.2, 0) is 4.79 Å². The molecule has 1 amide bonds. The quantitative estimate of drug-likeness (QED) is 0.798. The average Bonchev–Trinajstić information content (AvgIpc) is 2.91. The number of benzene rings is 1. The Labute approximate surface area is 140 Å². The number of amides is 1. The van der Waals surface area contributed by atoms with Gasteiger partial charge in [0.15, 0.2) is 0 Å². The van der Waals surface area contributed by atoms with Gasteiger partial charge in [0.2, 0.25) is 5.91 Å². The number of carbonyl (C=O) groups excluding carboxylic acids is 1. The van der Waals surface area contributed by atoms with Gasteiger partial charge in [-0.3, -0.25) is 9.69 Å². The zero-order valence-corrected chi connectivity index (χ0v) is 14.4. The highest BCUT2D eigenvalue weighted by atomic mass is 16.2. The zero-order valence-electron chi connectivity index (χ0n) is 14.4. The van der Waals surface area contributed by atoms with E-state index in [-0.39, 0.29) is 11.4 Å². The topological polar surface area (TPSA) is 23.6 Å². The molecule has 1 aromatic carbocycles. The molecule has 1 aromatic rings. The predicted octanol–water partition coefficient (Wildman–Crippen LogP) is 3.43. The lowest BCUT2D eigenvalue weighted by Gasteiger charge is -2.43. The van der Waals surface area contributed by atoms with Crippen molar-refractivity contribution in [2.24, 2.45) is 0 Å².